The summed E-state index contributed by atoms with van der Waals surface area (Å²) in [7, 11) is 2.15. The highest BCUT2D eigenvalue weighted by atomic mass is 15.1. The molecule has 1 aliphatic carbocycles. The van der Waals surface area contributed by atoms with Gasteiger partial charge in [0.1, 0.15) is 0 Å². The third kappa shape index (κ3) is 3.03. The quantitative estimate of drug-likeness (QED) is 0.814. The summed E-state index contributed by atoms with van der Waals surface area (Å²) in [5, 5.41) is 0. The minimum atomic E-state index is 0.0961. The summed E-state index contributed by atoms with van der Waals surface area (Å²) in [4.78, 5) is 6.65. The molecule has 3 nitrogen and oxygen atoms in total. The fraction of sp³-hybridized carbons (Fsp3) is 0.615. The van der Waals surface area contributed by atoms with Crippen LogP contribution in [0.25, 0.3) is 0 Å². The van der Waals surface area contributed by atoms with Crippen LogP contribution in [0.15, 0.2) is 24.4 Å². The minimum Gasteiger partial charge on any atom is -0.324 e. The Labute approximate surface area is 97.7 Å². The van der Waals surface area contributed by atoms with Gasteiger partial charge in [0.2, 0.25) is 0 Å². The van der Waals surface area contributed by atoms with Crippen LogP contribution >= 0.6 is 0 Å². The Kier molecular flexibility index (Phi) is 3.56. The van der Waals surface area contributed by atoms with Crippen molar-refractivity contribution >= 4 is 0 Å². The third-order valence-electron chi connectivity index (χ3n) is 3.41. The fourth-order valence-electron chi connectivity index (χ4n) is 2.26. The summed E-state index contributed by atoms with van der Waals surface area (Å²) in [5.41, 5.74) is 7.47. The first-order valence-corrected chi connectivity index (χ1v) is 6.05. The largest absolute Gasteiger partial charge is 0.324 e. The van der Waals surface area contributed by atoms with E-state index in [0.29, 0.717) is 0 Å². The van der Waals surface area contributed by atoms with Gasteiger partial charge in [0.25, 0.3) is 0 Å². The van der Waals surface area contributed by atoms with Gasteiger partial charge in [-0.15, -0.1) is 0 Å². The molecule has 1 saturated carbocycles. The van der Waals surface area contributed by atoms with Gasteiger partial charge in [0.15, 0.2) is 0 Å². The predicted molar refractivity (Wildman–Crippen MR) is 66.2 cm³/mol. The highest BCUT2D eigenvalue weighted by Gasteiger charge is 2.33. The molecule has 0 spiro atoms. The van der Waals surface area contributed by atoms with Crippen LogP contribution in [0.1, 0.15) is 25.0 Å². The monoisotopic (exact) mass is 219 g/mol. The van der Waals surface area contributed by atoms with Crippen molar-refractivity contribution < 1.29 is 0 Å². The summed E-state index contributed by atoms with van der Waals surface area (Å²) in [5.74, 6) is 0. The number of likely N-dealkylation sites (N-methyl/N-ethyl adjacent to an activating group) is 1. The number of pyridine rings is 1. The van der Waals surface area contributed by atoms with Crippen LogP contribution in [-0.4, -0.2) is 35.6 Å². The molecule has 2 N–H and O–H groups in total. The van der Waals surface area contributed by atoms with Gasteiger partial charge in [-0.1, -0.05) is 6.07 Å². The maximum absolute atomic E-state index is 6.22. The number of hydrogen-bond donors (Lipinski definition) is 1. The van der Waals surface area contributed by atoms with Gasteiger partial charge in [0, 0.05) is 36.9 Å². The van der Waals surface area contributed by atoms with Crippen molar-refractivity contribution in [2.24, 2.45) is 5.73 Å². The summed E-state index contributed by atoms with van der Waals surface area (Å²) in [6.07, 6.45) is 6.52. The third-order valence-corrected chi connectivity index (χ3v) is 3.41. The predicted octanol–water partition coefficient (Wildman–Crippen LogP) is 1.44. The summed E-state index contributed by atoms with van der Waals surface area (Å²) < 4.78 is 0. The Morgan fingerprint density at radius 1 is 1.44 bits per heavy atom. The lowest BCUT2D eigenvalue weighted by Crippen LogP contribution is -2.54. The maximum atomic E-state index is 6.22. The lowest BCUT2D eigenvalue weighted by molar-refractivity contribution is 0.166. The lowest BCUT2D eigenvalue weighted by atomic mass is 9.77. The van der Waals surface area contributed by atoms with E-state index in [2.05, 4.69) is 23.0 Å². The van der Waals surface area contributed by atoms with Crippen molar-refractivity contribution in [1.29, 1.82) is 0 Å². The molecule has 1 aliphatic rings. The molecular formula is C13H21N3. The molecule has 0 aliphatic heterocycles. The number of nitrogens with two attached hydrogens (primary N) is 1. The minimum absolute atomic E-state index is 0.0961. The van der Waals surface area contributed by atoms with E-state index in [1.807, 2.05) is 18.3 Å². The zero-order valence-electron chi connectivity index (χ0n) is 10.0. The zero-order valence-corrected chi connectivity index (χ0v) is 10.0. The molecule has 2 rings (SSSR count). The van der Waals surface area contributed by atoms with Crippen molar-refractivity contribution in [2.45, 2.75) is 31.2 Å². The van der Waals surface area contributed by atoms with Gasteiger partial charge >= 0.3 is 0 Å². The Bertz CT molecular complexity index is 319. The first-order chi connectivity index (χ1) is 7.68. The fourth-order valence-corrected chi connectivity index (χ4v) is 2.26. The second-order valence-electron chi connectivity index (χ2n) is 5.02. The number of hydrogen-bond acceptors (Lipinski definition) is 3. The maximum Gasteiger partial charge on any atom is 0.0416 e. The number of aromatic nitrogens is 1. The summed E-state index contributed by atoms with van der Waals surface area (Å²) in [6.45, 7) is 2.05. The van der Waals surface area contributed by atoms with Gasteiger partial charge in [-0.25, -0.2) is 0 Å². The number of nitrogens with zero attached hydrogens (tertiary/aromatic N) is 2. The molecule has 1 fully saturated rings. The molecule has 0 atom stereocenters. The first kappa shape index (κ1) is 11.6. The summed E-state index contributed by atoms with van der Waals surface area (Å²) in [6, 6.07) is 6.07. The van der Waals surface area contributed by atoms with Crippen molar-refractivity contribution in [3.63, 3.8) is 0 Å². The Morgan fingerprint density at radius 2 is 2.25 bits per heavy atom. The van der Waals surface area contributed by atoms with Crippen molar-refractivity contribution in [1.82, 2.24) is 9.88 Å². The average molecular weight is 219 g/mol. The highest BCUT2D eigenvalue weighted by Crippen LogP contribution is 2.29. The normalized spacial score (nSPS) is 18.4. The standard InChI is InChI=1S/C13H21N3/c1-16(11-13(14)7-4-8-13)10-6-12-5-2-3-9-15-12/h2-3,5,9H,4,6-8,10-11,14H2,1H3. The van der Waals surface area contributed by atoms with E-state index in [9.17, 15) is 0 Å². The second kappa shape index (κ2) is 4.93. The molecule has 0 saturated heterocycles. The molecular weight excluding hydrogens is 198 g/mol. The zero-order chi connectivity index (χ0) is 11.4. The smallest absolute Gasteiger partial charge is 0.0416 e. The molecule has 0 unspecified atom stereocenters. The molecule has 0 bridgehead atoms. The van der Waals surface area contributed by atoms with Crippen LogP contribution in [0.4, 0.5) is 0 Å². The molecule has 88 valence electrons. The van der Waals surface area contributed by atoms with Gasteiger partial charge in [0.05, 0.1) is 0 Å². The second-order valence-corrected chi connectivity index (χ2v) is 5.02. The van der Waals surface area contributed by atoms with Gasteiger partial charge in [-0.3, -0.25) is 4.98 Å². The molecule has 0 amide bonds. The van der Waals surface area contributed by atoms with Gasteiger partial charge in [-0.2, -0.15) is 0 Å². The summed E-state index contributed by atoms with van der Waals surface area (Å²) >= 11 is 0. The lowest BCUT2D eigenvalue weighted by Gasteiger charge is -2.41. The molecule has 3 heteroatoms. The molecule has 16 heavy (non-hydrogen) atoms. The average Bonchev–Trinajstić information content (AvgIpc) is 2.26. The molecule has 1 aromatic heterocycles. The Balaban J connectivity index is 1.73. The van der Waals surface area contributed by atoms with Gasteiger partial charge in [-0.05, 0) is 38.4 Å². The molecule has 0 aromatic carbocycles. The van der Waals surface area contributed by atoms with Crippen molar-refractivity contribution in [3.05, 3.63) is 30.1 Å². The van der Waals surface area contributed by atoms with Crippen LogP contribution in [0.5, 0.6) is 0 Å². The SMILES string of the molecule is CN(CCc1ccccn1)CC1(N)CCC1. The van der Waals surface area contributed by atoms with E-state index in [-0.39, 0.29) is 5.54 Å². The molecule has 1 aromatic rings. The van der Waals surface area contributed by atoms with E-state index < -0.39 is 0 Å². The van der Waals surface area contributed by atoms with Gasteiger partial charge < -0.3 is 10.6 Å². The van der Waals surface area contributed by atoms with Crippen LogP contribution in [0.2, 0.25) is 0 Å². The topological polar surface area (TPSA) is 42.2 Å². The Hall–Kier alpha value is -0.930. The van der Waals surface area contributed by atoms with E-state index in [0.717, 1.165) is 25.2 Å². The Morgan fingerprint density at radius 3 is 2.81 bits per heavy atom. The van der Waals surface area contributed by atoms with E-state index >= 15 is 0 Å². The molecule has 1 heterocycles. The van der Waals surface area contributed by atoms with Crippen LogP contribution < -0.4 is 5.73 Å². The number of rotatable bonds is 5. The van der Waals surface area contributed by atoms with E-state index in [1.54, 1.807) is 0 Å². The highest BCUT2D eigenvalue weighted by molar-refractivity contribution is 5.04. The van der Waals surface area contributed by atoms with E-state index in [1.165, 1.54) is 19.3 Å². The van der Waals surface area contributed by atoms with Crippen LogP contribution in [0.3, 0.4) is 0 Å². The first-order valence-electron chi connectivity index (χ1n) is 6.05. The van der Waals surface area contributed by atoms with Crippen molar-refractivity contribution in [3.8, 4) is 0 Å². The molecule has 0 radical (unpaired) electrons. The van der Waals surface area contributed by atoms with Crippen molar-refractivity contribution in [2.75, 3.05) is 20.1 Å². The van der Waals surface area contributed by atoms with Crippen LogP contribution in [0, 0.1) is 0 Å². The van der Waals surface area contributed by atoms with Crippen LogP contribution in [-0.2, 0) is 6.42 Å². The van der Waals surface area contributed by atoms with E-state index in [4.69, 9.17) is 5.73 Å².